The number of hydrogen-bond donors (Lipinski definition) is 2. The number of nitrogens with one attached hydrogen (secondary N) is 1. The summed E-state index contributed by atoms with van der Waals surface area (Å²) in [7, 11) is 3.56. The Kier molecular flexibility index (Phi) is 3.96. The van der Waals surface area contributed by atoms with Crippen molar-refractivity contribution in [2.75, 3.05) is 7.11 Å². The van der Waals surface area contributed by atoms with Crippen LogP contribution in [0, 0.1) is 0 Å². The minimum atomic E-state index is -0.0175. The molecule has 0 aliphatic carbocycles. The Morgan fingerprint density at radius 1 is 1.39 bits per heavy atom. The quantitative estimate of drug-likeness (QED) is 0.614. The number of ether oxygens (including phenoxy) is 1. The maximum Gasteiger partial charge on any atom is 0.123 e. The summed E-state index contributed by atoms with van der Waals surface area (Å²) in [6.45, 7) is 0. The highest BCUT2D eigenvalue weighted by atomic mass is 16.5. The van der Waals surface area contributed by atoms with E-state index in [2.05, 4.69) is 10.5 Å². The SMILES string of the molecule is COc1ccccc1C(Cc1ccn(C)n1)NN. The zero-order chi connectivity index (χ0) is 13.0. The van der Waals surface area contributed by atoms with Crippen LogP contribution in [0.2, 0.25) is 0 Å². The van der Waals surface area contributed by atoms with E-state index < -0.39 is 0 Å². The van der Waals surface area contributed by atoms with E-state index in [9.17, 15) is 0 Å². The van der Waals surface area contributed by atoms with Gasteiger partial charge in [-0.05, 0) is 12.1 Å². The van der Waals surface area contributed by atoms with Crippen molar-refractivity contribution in [1.82, 2.24) is 15.2 Å². The smallest absolute Gasteiger partial charge is 0.123 e. The third-order valence-electron chi connectivity index (χ3n) is 2.90. The second-order valence-corrected chi connectivity index (χ2v) is 4.15. The van der Waals surface area contributed by atoms with Crippen molar-refractivity contribution in [3.63, 3.8) is 0 Å². The van der Waals surface area contributed by atoms with Crippen LogP contribution in [0.5, 0.6) is 5.75 Å². The van der Waals surface area contributed by atoms with Crippen LogP contribution in [0.3, 0.4) is 0 Å². The topological polar surface area (TPSA) is 65.1 Å². The van der Waals surface area contributed by atoms with Gasteiger partial charge in [0.05, 0.1) is 18.8 Å². The van der Waals surface area contributed by atoms with E-state index >= 15 is 0 Å². The van der Waals surface area contributed by atoms with Crippen molar-refractivity contribution in [3.8, 4) is 5.75 Å². The largest absolute Gasteiger partial charge is 0.496 e. The van der Waals surface area contributed by atoms with Gasteiger partial charge in [-0.25, -0.2) is 0 Å². The summed E-state index contributed by atoms with van der Waals surface area (Å²) in [5.41, 5.74) is 4.85. The molecule has 96 valence electrons. The number of nitrogens with zero attached hydrogens (tertiary/aromatic N) is 2. The molecular weight excluding hydrogens is 228 g/mol. The molecule has 0 aliphatic heterocycles. The molecule has 1 atom stereocenters. The third kappa shape index (κ3) is 2.69. The number of benzene rings is 1. The molecule has 0 spiro atoms. The Bertz CT molecular complexity index is 509. The number of hydrogen-bond acceptors (Lipinski definition) is 4. The lowest BCUT2D eigenvalue weighted by molar-refractivity contribution is 0.398. The van der Waals surface area contributed by atoms with Crippen LogP contribution in [0.4, 0.5) is 0 Å². The molecule has 5 heteroatoms. The average molecular weight is 246 g/mol. The Morgan fingerprint density at radius 3 is 2.78 bits per heavy atom. The molecule has 1 heterocycles. The predicted octanol–water partition coefficient (Wildman–Crippen LogP) is 1.18. The molecule has 2 rings (SSSR count). The molecule has 1 aromatic heterocycles. The van der Waals surface area contributed by atoms with Crippen molar-refractivity contribution >= 4 is 0 Å². The first-order valence-corrected chi connectivity index (χ1v) is 5.82. The van der Waals surface area contributed by atoms with Gasteiger partial charge < -0.3 is 4.74 Å². The van der Waals surface area contributed by atoms with Gasteiger partial charge in [-0.3, -0.25) is 16.0 Å². The van der Waals surface area contributed by atoms with Gasteiger partial charge in [0.15, 0.2) is 0 Å². The molecule has 0 saturated carbocycles. The number of hydrazine groups is 1. The van der Waals surface area contributed by atoms with Gasteiger partial charge in [0.2, 0.25) is 0 Å². The molecule has 3 N–H and O–H groups in total. The number of aryl methyl sites for hydroxylation is 1. The molecule has 0 aliphatic rings. The van der Waals surface area contributed by atoms with Crippen LogP contribution in [0.1, 0.15) is 17.3 Å². The lowest BCUT2D eigenvalue weighted by Gasteiger charge is -2.18. The van der Waals surface area contributed by atoms with E-state index in [4.69, 9.17) is 10.6 Å². The van der Waals surface area contributed by atoms with Crippen LogP contribution < -0.4 is 16.0 Å². The maximum absolute atomic E-state index is 5.64. The Hall–Kier alpha value is -1.85. The number of aromatic nitrogens is 2. The molecule has 1 unspecified atom stereocenters. The molecular formula is C13H18N4O. The summed E-state index contributed by atoms with van der Waals surface area (Å²) >= 11 is 0. The minimum absolute atomic E-state index is 0.0175. The lowest BCUT2D eigenvalue weighted by Crippen LogP contribution is -2.30. The first-order valence-electron chi connectivity index (χ1n) is 5.82. The number of methoxy groups -OCH3 is 1. The fourth-order valence-electron chi connectivity index (χ4n) is 1.99. The van der Waals surface area contributed by atoms with Crippen molar-refractivity contribution in [2.24, 2.45) is 12.9 Å². The van der Waals surface area contributed by atoms with E-state index in [1.165, 1.54) is 0 Å². The van der Waals surface area contributed by atoms with Gasteiger partial charge in [0.1, 0.15) is 5.75 Å². The monoisotopic (exact) mass is 246 g/mol. The minimum Gasteiger partial charge on any atom is -0.496 e. The highest BCUT2D eigenvalue weighted by Gasteiger charge is 2.15. The van der Waals surface area contributed by atoms with Crippen LogP contribution in [-0.4, -0.2) is 16.9 Å². The predicted molar refractivity (Wildman–Crippen MR) is 70.0 cm³/mol. The molecule has 5 nitrogen and oxygen atoms in total. The van der Waals surface area contributed by atoms with Crippen LogP contribution in [-0.2, 0) is 13.5 Å². The highest BCUT2D eigenvalue weighted by Crippen LogP contribution is 2.26. The number of para-hydroxylation sites is 1. The van der Waals surface area contributed by atoms with Gasteiger partial charge in [0, 0.05) is 25.2 Å². The van der Waals surface area contributed by atoms with E-state index in [0.717, 1.165) is 23.4 Å². The standard InChI is InChI=1S/C13H18N4O/c1-17-8-7-10(16-17)9-12(15-14)11-5-3-4-6-13(11)18-2/h3-8,12,15H,9,14H2,1-2H3. The second-order valence-electron chi connectivity index (χ2n) is 4.15. The molecule has 1 aromatic carbocycles. The van der Waals surface area contributed by atoms with E-state index in [-0.39, 0.29) is 6.04 Å². The van der Waals surface area contributed by atoms with Gasteiger partial charge in [-0.15, -0.1) is 0 Å². The van der Waals surface area contributed by atoms with E-state index in [1.807, 2.05) is 43.6 Å². The highest BCUT2D eigenvalue weighted by molar-refractivity contribution is 5.36. The van der Waals surface area contributed by atoms with E-state index in [0.29, 0.717) is 0 Å². The van der Waals surface area contributed by atoms with Gasteiger partial charge in [-0.2, -0.15) is 5.10 Å². The summed E-state index contributed by atoms with van der Waals surface area (Å²) in [6, 6.07) is 9.82. The number of rotatable bonds is 5. The summed E-state index contributed by atoms with van der Waals surface area (Å²) in [5, 5.41) is 4.36. The molecule has 18 heavy (non-hydrogen) atoms. The summed E-state index contributed by atoms with van der Waals surface area (Å²) in [4.78, 5) is 0. The van der Waals surface area contributed by atoms with Crippen molar-refractivity contribution in [3.05, 3.63) is 47.8 Å². The van der Waals surface area contributed by atoms with Crippen molar-refractivity contribution in [2.45, 2.75) is 12.5 Å². The van der Waals surface area contributed by atoms with Gasteiger partial charge in [-0.1, -0.05) is 18.2 Å². The third-order valence-corrected chi connectivity index (χ3v) is 2.90. The van der Waals surface area contributed by atoms with Crippen molar-refractivity contribution in [1.29, 1.82) is 0 Å². The second kappa shape index (κ2) is 5.66. The van der Waals surface area contributed by atoms with Crippen LogP contribution >= 0.6 is 0 Å². The molecule has 2 aromatic rings. The molecule has 0 amide bonds. The zero-order valence-electron chi connectivity index (χ0n) is 10.6. The molecule has 0 fully saturated rings. The first-order chi connectivity index (χ1) is 8.74. The van der Waals surface area contributed by atoms with Crippen LogP contribution in [0.25, 0.3) is 0 Å². The fraction of sp³-hybridized carbons (Fsp3) is 0.308. The van der Waals surface area contributed by atoms with Gasteiger partial charge >= 0.3 is 0 Å². The summed E-state index contributed by atoms with van der Waals surface area (Å²) in [6.07, 6.45) is 2.64. The van der Waals surface area contributed by atoms with Gasteiger partial charge in [0.25, 0.3) is 0 Å². The zero-order valence-corrected chi connectivity index (χ0v) is 10.6. The maximum atomic E-state index is 5.64. The summed E-state index contributed by atoms with van der Waals surface area (Å²) < 4.78 is 7.13. The molecule has 0 bridgehead atoms. The first kappa shape index (κ1) is 12.6. The number of nitrogens with two attached hydrogens (primary N) is 1. The Labute approximate surface area is 107 Å². The Morgan fingerprint density at radius 2 is 2.17 bits per heavy atom. The normalized spacial score (nSPS) is 12.4. The Balaban J connectivity index is 2.22. The van der Waals surface area contributed by atoms with Crippen molar-refractivity contribution < 1.29 is 4.74 Å². The molecule has 0 radical (unpaired) electrons. The lowest BCUT2D eigenvalue weighted by atomic mass is 10.0. The van der Waals surface area contributed by atoms with Crippen LogP contribution in [0.15, 0.2) is 36.5 Å². The molecule has 0 saturated heterocycles. The summed E-state index contributed by atoms with van der Waals surface area (Å²) in [5.74, 6) is 6.47. The average Bonchev–Trinajstić information content (AvgIpc) is 2.81. The fourth-order valence-corrected chi connectivity index (χ4v) is 1.99. The van der Waals surface area contributed by atoms with E-state index in [1.54, 1.807) is 11.8 Å².